The molecule has 5 aliphatic heterocycles. The van der Waals surface area contributed by atoms with Crippen LogP contribution in [0.3, 0.4) is 0 Å². The minimum atomic E-state index is -0.712. The standard InChI is InChI=1S/C18H20N2O3.C16H14Br2N2O3.C10H18N2O.H2N2.H2O.H2/c1-18(2)12-8-9-13(17(23)19(3)14(12)18)20-15(21)10-6-4-5-7-11(10)16(20)22;1-19-12-10(16(12,17)18)6-7-11(15(19)23)20-13(21)8-4-2-3-5-9(8)14(20)22;1-10(2)6-4-5-7(11)9(13)12(3)8(6)10;1-2;;/h4-7,12-14H,8-9H2,1-3H3;2-5,10-12H,6-7H2,1H3;6-8H,4-5,11H2,1-3H3;1-2H;1H2;1H/t12?,13-,14?;10?,11-,12?;6?,7-,8?;;;/m000.../s1. The zero-order valence-electron chi connectivity index (χ0n) is 36.0. The van der Waals surface area contributed by atoms with Crippen molar-refractivity contribution < 1.29 is 40.5 Å². The van der Waals surface area contributed by atoms with Gasteiger partial charge in [0.25, 0.3) is 23.6 Å². The number of benzene rings is 2. The highest BCUT2D eigenvalue weighted by molar-refractivity contribution is 9.25. The molecule has 6 N–H and O–H groups in total. The predicted molar refractivity (Wildman–Crippen MR) is 237 cm³/mol. The number of likely N-dealkylation sites (N-methyl/N-ethyl adjacent to an activating group) is 3. The Bertz CT molecular complexity index is 2030. The van der Waals surface area contributed by atoms with Crippen LogP contribution in [0.2, 0.25) is 0 Å². The van der Waals surface area contributed by atoms with Gasteiger partial charge in [0, 0.05) is 40.6 Å². The molecular weight excluding hydrogens is 928 g/mol. The van der Waals surface area contributed by atoms with Crippen molar-refractivity contribution in [3.63, 3.8) is 0 Å². The van der Waals surface area contributed by atoms with Crippen LogP contribution < -0.4 is 5.73 Å². The number of fused-ring (bicyclic) bond motifs is 5. The Labute approximate surface area is 379 Å². The lowest BCUT2D eigenvalue weighted by Gasteiger charge is -2.29. The Balaban J connectivity index is 0.000000178. The minimum absolute atomic E-state index is 0. The summed E-state index contributed by atoms with van der Waals surface area (Å²) in [5.41, 5.74) is 17.8. The summed E-state index contributed by atoms with van der Waals surface area (Å²) in [6.07, 6.45) is 4.65. The lowest BCUT2D eigenvalue weighted by Crippen LogP contribution is -2.50. The van der Waals surface area contributed by atoms with Crippen molar-refractivity contribution in [2.24, 2.45) is 34.3 Å². The summed E-state index contributed by atoms with van der Waals surface area (Å²) >= 11 is 7.22. The largest absolute Gasteiger partial charge is 0.412 e. The van der Waals surface area contributed by atoms with Crippen LogP contribution in [-0.4, -0.2) is 132 Å². The summed E-state index contributed by atoms with van der Waals surface area (Å²) in [5, 5.41) is 0. The summed E-state index contributed by atoms with van der Waals surface area (Å²) in [5.74, 6) is -0.153. The van der Waals surface area contributed by atoms with Crippen LogP contribution in [0, 0.1) is 39.6 Å². The summed E-state index contributed by atoms with van der Waals surface area (Å²) in [7, 11) is 5.42. The number of amides is 7. The molecule has 8 aliphatic rings. The van der Waals surface area contributed by atoms with Crippen molar-refractivity contribution in [2.75, 3.05) is 21.1 Å². The first-order chi connectivity index (χ1) is 28.7. The third-order valence-corrected chi connectivity index (χ3v) is 17.0. The van der Waals surface area contributed by atoms with Crippen LogP contribution >= 0.6 is 31.9 Å². The van der Waals surface area contributed by atoms with Gasteiger partial charge >= 0.3 is 0 Å². The van der Waals surface area contributed by atoms with Gasteiger partial charge in [0.15, 0.2) is 0 Å². The van der Waals surface area contributed by atoms with Gasteiger partial charge in [-0.2, -0.15) is 0 Å². The number of alkyl halides is 2. The molecule has 0 bridgehead atoms. The topological polar surface area (TPSA) is 241 Å². The molecule has 18 heteroatoms. The average molecular weight is 987 g/mol. The van der Waals surface area contributed by atoms with Gasteiger partial charge in [-0.05, 0) is 85.5 Å². The molecule has 0 spiro atoms. The molecule has 3 saturated carbocycles. The molecule has 16 nitrogen and oxygen atoms in total. The Hall–Kier alpha value is -4.39. The first-order valence-electron chi connectivity index (χ1n) is 20.8. The average Bonchev–Trinajstić information content (AvgIpc) is 4.12. The second-order valence-corrected chi connectivity index (χ2v) is 22.4. The number of hydrogen-bond donors (Lipinski definition) is 3. The third-order valence-electron chi connectivity index (χ3n) is 14.9. The molecule has 0 radical (unpaired) electrons. The molecule has 3 aliphatic carbocycles. The number of hydrogen-bond acceptors (Lipinski definition) is 10. The molecule has 9 atom stereocenters. The highest BCUT2D eigenvalue weighted by Gasteiger charge is 2.67. The van der Waals surface area contributed by atoms with E-state index >= 15 is 0 Å². The number of halogens is 2. The van der Waals surface area contributed by atoms with E-state index in [4.69, 9.17) is 16.8 Å². The lowest BCUT2D eigenvalue weighted by molar-refractivity contribution is -0.135. The summed E-state index contributed by atoms with van der Waals surface area (Å²) in [6.45, 7) is 8.83. The molecule has 2 aromatic rings. The van der Waals surface area contributed by atoms with Crippen LogP contribution in [0.15, 0.2) is 48.5 Å². The van der Waals surface area contributed by atoms with E-state index in [9.17, 15) is 33.6 Å². The van der Waals surface area contributed by atoms with E-state index in [2.05, 4.69) is 59.6 Å². The maximum atomic E-state index is 12.9. The number of rotatable bonds is 2. The molecule has 5 heterocycles. The highest BCUT2D eigenvalue weighted by Crippen LogP contribution is 2.62. The van der Waals surface area contributed by atoms with E-state index in [-0.39, 0.29) is 80.9 Å². The molecule has 10 rings (SSSR count). The Morgan fingerprint density at radius 2 is 0.839 bits per heavy atom. The van der Waals surface area contributed by atoms with Crippen LogP contribution in [0.1, 0.15) is 109 Å². The third kappa shape index (κ3) is 7.31. The van der Waals surface area contributed by atoms with Gasteiger partial charge < -0.3 is 25.9 Å². The Morgan fingerprint density at radius 1 is 0.532 bits per heavy atom. The molecule has 336 valence electrons. The number of likely N-dealkylation sites (tertiary alicyclic amines) is 3. The monoisotopic (exact) mass is 984 g/mol. The second-order valence-electron chi connectivity index (χ2n) is 18.7. The number of carbonyl (C=O) groups excluding carboxylic acids is 7. The number of nitrogens with zero attached hydrogens (tertiary/aromatic N) is 5. The smallest absolute Gasteiger partial charge is 0.262 e. The van der Waals surface area contributed by atoms with Gasteiger partial charge in [-0.15, -0.1) is 0 Å². The normalized spacial score (nSPS) is 32.6. The molecule has 0 aromatic heterocycles. The first kappa shape index (κ1) is 47.1. The maximum absolute atomic E-state index is 12.9. The SMILES string of the molecule is CN1C(=O)[C@@H](N)CCC2C1C2(C)C.CN1C(=O)[C@@H](N2C(=O)c3ccccc3C2=O)CCC2C1C2(Br)Br.CN1C(=O)[C@@H](N2C(=O)c3ccccc3C2=O)CCC2C1C2(C)C.N=N.O.[HH]. The van der Waals surface area contributed by atoms with Crippen molar-refractivity contribution >= 4 is 73.2 Å². The fourth-order valence-electron chi connectivity index (χ4n) is 11.3. The summed E-state index contributed by atoms with van der Waals surface area (Å²) in [6, 6.07) is 12.6. The Morgan fingerprint density at radius 3 is 1.21 bits per heavy atom. The van der Waals surface area contributed by atoms with E-state index in [1.165, 1.54) is 4.90 Å². The minimum Gasteiger partial charge on any atom is -0.412 e. The number of imide groups is 2. The van der Waals surface area contributed by atoms with E-state index < -0.39 is 12.1 Å². The van der Waals surface area contributed by atoms with E-state index in [0.29, 0.717) is 58.4 Å². The van der Waals surface area contributed by atoms with E-state index in [1.54, 1.807) is 72.4 Å². The lowest BCUT2D eigenvalue weighted by atomic mass is 10.0. The van der Waals surface area contributed by atoms with Crippen LogP contribution in [0.5, 0.6) is 0 Å². The Kier molecular flexibility index (Phi) is 12.6. The van der Waals surface area contributed by atoms with Crippen LogP contribution in [0.25, 0.3) is 0 Å². The summed E-state index contributed by atoms with van der Waals surface area (Å²) < 4.78 is -0.239. The molecule has 62 heavy (non-hydrogen) atoms. The molecule has 6 unspecified atom stereocenters. The van der Waals surface area contributed by atoms with Crippen molar-refractivity contribution in [2.45, 2.75) is 106 Å². The van der Waals surface area contributed by atoms with Gasteiger partial charge in [0.05, 0.1) is 34.3 Å². The first-order valence-corrected chi connectivity index (χ1v) is 22.4. The van der Waals surface area contributed by atoms with Crippen molar-refractivity contribution in [3.8, 4) is 0 Å². The van der Waals surface area contributed by atoms with Crippen molar-refractivity contribution in [1.82, 2.24) is 24.5 Å². The van der Waals surface area contributed by atoms with Crippen molar-refractivity contribution in [1.29, 1.82) is 11.1 Å². The summed E-state index contributed by atoms with van der Waals surface area (Å²) in [4.78, 5) is 95.5. The van der Waals surface area contributed by atoms with E-state index in [1.807, 2.05) is 11.9 Å². The van der Waals surface area contributed by atoms with Crippen LogP contribution in [0.4, 0.5) is 0 Å². The molecule has 2 aromatic carbocycles. The fraction of sp³-hybridized carbons (Fsp3) is 0.568. The predicted octanol–water partition coefficient (Wildman–Crippen LogP) is 4.92. The van der Waals surface area contributed by atoms with Gasteiger partial charge in [0.2, 0.25) is 17.7 Å². The highest BCUT2D eigenvalue weighted by atomic mass is 79.9. The fourth-order valence-corrected chi connectivity index (χ4v) is 13.2. The molecular formula is C44H58Br2N8O8. The van der Waals surface area contributed by atoms with Gasteiger partial charge in [-0.3, -0.25) is 43.4 Å². The molecule has 3 saturated heterocycles. The quantitative estimate of drug-likeness (QED) is 0.211. The second kappa shape index (κ2) is 16.6. The zero-order valence-corrected chi connectivity index (χ0v) is 39.2. The zero-order chi connectivity index (χ0) is 44.8. The maximum Gasteiger partial charge on any atom is 0.262 e. The number of carbonyl (C=O) groups is 7. The van der Waals surface area contributed by atoms with Crippen molar-refractivity contribution in [3.05, 3.63) is 70.8 Å². The number of nitrogens with one attached hydrogen (secondary N) is 2. The molecule has 6 fully saturated rings. The van der Waals surface area contributed by atoms with Crippen LogP contribution in [-0.2, 0) is 14.4 Å². The van der Waals surface area contributed by atoms with Gasteiger partial charge in [0.1, 0.15) is 15.3 Å². The molecule has 7 amide bonds. The van der Waals surface area contributed by atoms with E-state index in [0.717, 1.165) is 30.6 Å². The van der Waals surface area contributed by atoms with Gasteiger partial charge in [-0.25, -0.2) is 11.1 Å². The van der Waals surface area contributed by atoms with Gasteiger partial charge in [-0.1, -0.05) is 83.8 Å². The number of nitrogens with two attached hydrogens (primary N) is 1.